The van der Waals surface area contributed by atoms with E-state index in [-0.39, 0.29) is 4.90 Å². The lowest BCUT2D eigenvalue weighted by molar-refractivity contribution is -0.147. The Morgan fingerprint density at radius 3 is 2.52 bits per heavy atom. The van der Waals surface area contributed by atoms with Crippen LogP contribution in [0, 0.1) is 6.92 Å². The highest BCUT2D eigenvalue weighted by Crippen LogP contribution is 2.33. The second-order valence-electron chi connectivity index (χ2n) is 5.25. The third-order valence-corrected chi connectivity index (χ3v) is 5.96. The molecule has 0 saturated heterocycles. The molecule has 21 heavy (non-hydrogen) atoms. The largest absolute Gasteiger partial charge is 0.468 e. The van der Waals surface area contributed by atoms with E-state index in [2.05, 4.69) is 4.72 Å². The van der Waals surface area contributed by atoms with Gasteiger partial charge in [0.1, 0.15) is 5.54 Å². The van der Waals surface area contributed by atoms with Gasteiger partial charge in [0.25, 0.3) is 0 Å². The molecule has 0 bridgehead atoms. The van der Waals surface area contributed by atoms with E-state index in [1.165, 1.54) is 13.2 Å². The number of nitrogens with one attached hydrogen (secondary N) is 1. The van der Waals surface area contributed by atoms with Crippen LogP contribution in [0.25, 0.3) is 0 Å². The van der Waals surface area contributed by atoms with Crippen LogP contribution in [0.4, 0.5) is 0 Å². The number of esters is 1. The van der Waals surface area contributed by atoms with E-state index in [1.54, 1.807) is 19.1 Å². The summed E-state index contributed by atoms with van der Waals surface area (Å²) in [6.45, 7) is 1.64. The molecule has 1 aromatic rings. The van der Waals surface area contributed by atoms with Crippen LogP contribution >= 0.6 is 11.6 Å². The minimum atomic E-state index is -3.85. The van der Waals surface area contributed by atoms with Crippen LogP contribution in [-0.4, -0.2) is 27.0 Å². The van der Waals surface area contributed by atoms with E-state index < -0.39 is 21.5 Å². The Balaban J connectivity index is 2.40. The van der Waals surface area contributed by atoms with Crippen molar-refractivity contribution in [2.24, 2.45) is 0 Å². The van der Waals surface area contributed by atoms with Crippen molar-refractivity contribution in [2.75, 3.05) is 7.11 Å². The Kier molecular flexibility index (Phi) is 4.60. The summed E-state index contributed by atoms with van der Waals surface area (Å²) >= 11 is 5.98. The summed E-state index contributed by atoms with van der Waals surface area (Å²) in [6.07, 6.45) is 2.45. The van der Waals surface area contributed by atoms with Crippen molar-refractivity contribution in [3.63, 3.8) is 0 Å². The molecule has 0 spiro atoms. The number of benzene rings is 1. The standard InChI is InChI=1S/C14H18ClNO4S/c1-10-11(15)6-5-7-12(10)21(18,19)16-14(13(17)20-2)8-3-4-9-14/h5-7,16H,3-4,8-9H2,1-2H3. The first-order valence-corrected chi connectivity index (χ1v) is 8.56. The highest BCUT2D eigenvalue weighted by atomic mass is 35.5. The van der Waals surface area contributed by atoms with Gasteiger partial charge in [0.05, 0.1) is 12.0 Å². The fourth-order valence-corrected chi connectivity index (χ4v) is 4.63. The quantitative estimate of drug-likeness (QED) is 0.860. The molecule has 1 fully saturated rings. The van der Waals surface area contributed by atoms with Crippen LogP contribution in [0.3, 0.4) is 0 Å². The summed E-state index contributed by atoms with van der Waals surface area (Å²) < 4.78 is 32.5. The first-order valence-electron chi connectivity index (χ1n) is 6.70. The molecule has 7 heteroatoms. The van der Waals surface area contributed by atoms with Crippen LogP contribution < -0.4 is 4.72 Å². The zero-order valence-electron chi connectivity index (χ0n) is 12.0. The SMILES string of the molecule is COC(=O)C1(NS(=O)(=O)c2cccc(Cl)c2C)CCCC1. The minimum Gasteiger partial charge on any atom is -0.468 e. The van der Waals surface area contributed by atoms with E-state index >= 15 is 0 Å². The highest BCUT2D eigenvalue weighted by molar-refractivity contribution is 7.89. The molecule has 0 heterocycles. The Hall–Kier alpha value is -1.11. The lowest BCUT2D eigenvalue weighted by atomic mass is 10.00. The number of sulfonamides is 1. The van der Waals surface area contributed by atoms with Crippen molar-refractivity contribution in [1.82, 2.24) is 4.72 Å². The monoisotopic (exact) mass is 331 g/mol. The van der Waals surface area contributed by atoms with Gasteiger partial charge in [-0.15, -0.1) is 0 Å². The molecular formula is C14H18ClNO4S. The predicted octanol–water partition coefficient (Wildman–Crippen LogP) is 2.41. The molecule has 0 radical (unpaired) electrons. The van der Waals surface area contributed by atoms with Gasteiger partial charge in [-0.1, -0.05) is 30.5 Å². The van der Waals surface area contributed by atoms with Gasteiger partial charge < -0.3 is 4.74 Å². The molecule has 0 unspecified atom stereocenters. The summed E-state index contributed by atoms with van der Waals surface area (Å²) in [6, 6.07) is 4.67. The lowest BCUT2D eigenvalue weighted by Crippen LogP contribution is -2.53. The van der Waals surface area contributed by atoms with Crippen molar-refractivity contribution in [3.05, 3.63) is 28.8 Å². The number of methoxy groups -OCH3 is 1. The molecule has 1 aromatic carbocycles. The zero-order chi connectivity index (χ0) is 15.7. The second-order valence-corrected chi connectivity index (χ2v) is 7.31. The molecule has 0 aromatic heterocycles. The van der Waals surface area contributed by atoms with Gasteiger partial charge in [0, 0.05) is 5.02 Å². The normalized spacial score (nSPS) is 17.7. The van der Waals surface area contributed by atoms with Crippen LogP contribution in [0.15, 0.2) is 23.1 Å². The van der Waals surface area contributed by atoms with Gasteiger partial charge in [-0.2, -0.15) is 4.72 Å². The van der Waals surface area contributed by atoms with Crippen LogP contribution in [0.1, 0.15) is 31.2 Å². The van der Waals surface area contributed by atoms with Crippen LogP contribution in [-0.2, 0) is 19.6 Å². The number of carbonyl (C=O) groups is 1. The Bertz CT molecular complexity index is 651. The first-order chi connectivity index (χ1) is 9.82. The maximum absolute atomic E-state index is 12.6. The summed E-state index contributed by atoms with van der Waals surface area (Å²) in [5, 5.41) is 0.372. The molecule has 5 nitrogen and oxygen atoms in total. The van der Waals surface area contributed by atoms with Crippen molar-refractivity contribution in [3.8, 4) is 0 Å². The van der Waals surface area contributed by atoms with Crippen molar-refractivity contribution < 1.29 is 17.9 Å². The molecule has 0 aliphatic heterocycles. The van der Waals surface area contributed by atoms with Crippen LogP contribution in [0.5, 0.6) is 0 Å². The lowest BCUT2D eigenvalue weighted by Gasteiger charge is -2.27. The highest BCUT2D eigenvalue weighted by Gasteiger charge is 2.45. The molecule has 0 amide bonds. The van der Waals surface area contributed by atoms with Gasteiger partial charge in [-0.25, -0.2) is 8.42 Å². The van der Waals surface area contributed by atoms with Gasteiger partial charge in [-0.05, 0) is 37.5 Å². The fourth-order valence-electron chi connectivity index (χ4n) is 2.71. The number of hydrogen-bond donors (Lipinski definition) is 1. The van der Waals surface area contributed by atoms with Crippen molar-refractivity contribution in [2.45, 2.75) is 43.0 Å². The average Bonchev–Trinajstić information content (AvgIpc) is 2.89. The maximum atomic E-state index is 12.6. The Labute approximate surface area is 129 Å². The number of rotatable bonds is 4. The zero-order valence-corrected chi connectivity index (χ0v) is 13.6. The van der Waals surface area contributed by atoms with E-state index in [4.69, 9.17) is 16.3 Å². The molecular weight excluding hydrogens is 314 g/mol. The summed E-state index contributed by atoms with van der Waals surface area (Å²) in [7, 11) is -2.58. The van der Waals surface area contributed by atoms with Gasteiger partial charge >= 0.3 is 5.97 Å². The average molecular weight is 332 g/mol. The second kappa shape index (κ2) is 5.94. The molecule has 2 rings (SSSR count). The van der Waals surface area contributed by atoms with E-state index in [0.29, 0.717) is 23.4 Å². The third-order valence-electron chi connectivity index (χ3n) is 3.87. The summed E-state index contributed by atoms with van der Waals surface area (Å²) in [4.78, 5) is 12.1. The molecule has 1 aliphatic rings. The Morgan fingerprint density at radius 2 is 1.95 bits per heavy atom. The fraction of sp³-hybridized carbons (Fsp3) is 0.500. The predicted molar refractivity (Wildman–Crippen MR) is 79.7 cm³/mol. The number of ether oxygens (including phenoxy) is 1. The number of hydrogen-bond acceptors (Lipinski definition) is 4. The van der Waals surface area contributed by atoms with Crippen molar-refractivity contribution >= 4 is 27.6 Å². The molecule has 116 valence electrons. The van der Waals surface area contributed by atoms with Gasteiger partial charge in [-0.3, -0.25) is 4.79 Å². The van der Waals surface area contributed by atoms with Crippen molar-refractivity contribution in [1.29, 1.82) is 0 Å². The summed E-state index contributed by atoms with van der Waals surface area (Å²) in [5.74, 6) is -0.539. The smallest absolute Gasteiger partial charge is 0.327 e. The maximum Gasteiger partial charge on any atom is 0.327 e. The summed E-state index contributed by atoms with van der Waals surface area (Å²) in [5.41, 5.74) is -0.702. The number of halogens is 1. The molecule has 1 aliphatic carbocycles. The number of carbonyl (C=O) groups excluding carboxylic acids is 1. The molecule has 1 N–H and O–H groups in total. The topological polar surface area (TPSA) is 72.5 Å². The molecule has 0 atom stereocenters. The minimum absolute atomic E-state index is 0.0881. The van der Waals surface area contributed by atoms with Crippen LogP contribution in [0.2, 0.25) is 5.02 Å². The molecule has 1 saturated carbocycles. The van der Waals surface area contributed by atoms with E-state index in [9.17, 15) is 13.2 Å². The van der Waals surface area contributed by atoms with Gasteiger partial charge in [0.15, 0.2) is 0 Å². The van der Waals surface area contributed by atoms with E-state index in [1.807, 2.05) is 0 Å². The Morgan fingerprint density at radius 1 is 1.33 bits per heavy atom. The first kappa shape index (κ1) is 16.3. The van der Waals surface area contributed by atoms with Gasteiger partial charge in [0.2, 0.25) is 10.0 Å². The third kappa shape index (κ3) is 3.07. The van der Waals surface area contributed by atoms with E-state index in [0.717, 1.165) is 12.8 Å².